The summed E-state index contributed by atoms with van der Waals surface area (Å²) in [6.45, 7) is 2.95. The second-order valence-corrected chi connectivity index (χ2v) is 8.57. The molecule has 2 aromatic carbocycles. The molecule has 5 rings (SSSR count). The molecule has 0 atom stereocenters. The number of amides is 2. The van der Waals surface area contributed by atoms with Crippen molar-refractivity contribution in [3.8, 4) is 11.3 Å². The number of ether oxygens (including phenoxy) is 1. The lowest BCUT2D eigenvalue weighted by molar-refractivity contribution is -0.136. The first-order valence-electron chi connectivity index (χ1n) is 11.8. The molecule has 4 aromatic rings. The van der Waals surface area contributed by atoms with Gasteiger partial charge in [0.15, 0.2) is 12.4 Å². The van der Waals surface area contributed by atoms with Gasteiger partial charge in [-0.2, -0.15) is 0 Å². The van der Waals surface area contributed by atoms with E-state index in [4.69, 9.17) is 14.1 Å². The average molecular weight is 484 g/mol. The molecule has 1 aliphatic rings. The van der Waals surface area contributed by atoms with Crippen LogP contribution in [0.3, 0.4) is 0 Å². The predicted molar refractivity (Wildman–Crippen MR) is 133 cm³/mol. The normalized spacial score (nSPS) is 13.6. The van der Waals surface area contributed by atoms with Gasteiger partial charge in [0.25, 0.3) is 11.8 Å². The van der Waals surface area contributed by atoms with Crippen LogP contribution < -0.4 is 0 Å². The molecule has 0 spiro atoms. The maximum atomic E-state index is 13.2. The summed E-state index contributed by atoms with van der Waals surface area (Å²) >= 11 is 0. The smallest absolute Gasteiger partial charge is 0.339 e. The lowest BCUT2D eigenvalue weighted by Gasteiger charge is -2.34. The van der Waals surface area contributed by atoms with E-state index in [9.17, 15) is 14.4 Å². The zero-order chi connectivity index (χ0) is 25.1. The van der Waals surface area contributed by atoms with Crippen LogP contribution in [0.2, 0.25) is 0 Å². The van der Waals surface area contributed by atoms with Crippen LogP contribution in [0.15, 0.2) is 77.4 Å². The number of carbonyl (C=O) groups excluding carboxylic acids is 3. The first-order chi connectivity index (χ1) is 17.5. The third-order valence-electron chi connectivity index (χ3n) is 6.37. The molecule has 0 bridgehead atoms. The molecule has 36 heavy (non-hydrogen) atoms. The highest BCUT2D eigenvalue weighted by molar-refractivity contribution is 6.07. The van der Waals surface area contributed by atoms with Gasteiger partial charge in [-0.25, -0.2) is 9.78 Å². The van der Waals surface area contributed by atoms with Gasteiger partial charge in [0, 0.05) is 37.1 Å². The van der Waals surface area contributed by atoms with Crippen molar-refractivity contribution in [2.24, 2.45) is 0 Å². The van der Waals surface area contributed by atoms with E-state index in [1.54, 1.807) is 21.9 Å². The Kier molecular flexibility index (Phi) is 6.49. The van der Waals surface area contributed by atoms with Gasteiger partial charge < -0.3 is 19.0 Å². The molecule has 182 valence electrons. The molecule has 8 nitrogen and oxygen atoms in total. The number of rotatable bonds is 5. The van der Waals surface area contributed by atoms with Crippen LogP contribution >= 0.6 is 0 Å². The standard InChI is InChI=1S/C28H25N3O5/c1-19-25(21-10-5-6-11-22(21)29-26(19)20-8-3-2-4-9-20)28(34)36-18-24(32)30-13-15-31(16-14-30)27(33)23-12-7-17-35-23/h2-12,17H,13-16,18H2,1H3. The Morgan fingerprint density at radius 2 is 1.58 bits per heavy atom. The Morgan fingerprint density at radius 1 is 0.889 bits per heavy atom. The van der Waals surface area contributed by atoms with Crippen LogP contribution in [0.1, 0.15) is 26.5 Å². The lowest BCUT2D eigenvalue weighted by Crippen LogP contribution is -2.51. The molecule has 1 aliphatic heterocycles. The molecule has 1 saturated heterocycles. The summed E-state index contributed by atoms with van der Waals surface area (Å²) in [6.07, 6.45) is 1.46. The van der Waals surface area contributed by atoms with Gasteiger partial charge in [-0.05, 0) is 30.7 Å². The number of para-hydroxylation sites is 1. The minimum atomic E-state index is -0.566. The van der Waals surface area contributed by atoms with Crippen LogP contribution in [0, 0.1) is 6.92 Å². The summed E-state index contributed by atoms with van der Waals surface area (Å²) in [5.74, 6) is -0.790. The number of benzene rings is 2. The van der Waals surface area contributed by atoms with Gasteiger partial charge in [-0.3, -0.25) is 9.59 Å². The second kappa shape index (κ2) is 10.0. The van der Waals surface area contributed by atoms with Gasteiger partial charge >= 0.3 is 5.97 Å². The number of hydrogen-bond donors (Lipinski definition) is 0. The predicted octanol–water partition coefficient (Wildman–Crippen LogP) is 3.94. The number of pyridine rings is 1. The van der Waals surface area contributed by atoms with Gasteiger partial charge in [0.1, 0.15) is 0 Å². The highest BCUT2D eigenvalue weighted by atomic mass is 16.5. The molecule has 2 aromatic heterocycles. The van der Waals surface area contributed by atoms with Crippen molar-refractivity contribution in [2.75, 3.05) is 32.8 Å². The summed E-state index contributed by atoms with van der Waals surface area (Å²) in [6, 6.07) is 20.3. The Morgan fingerprint density at radius 3 is 2.31 bits per heavy atom. The highest BCUT2D eigenvalue weighted by Gasteiger charge is 2.27. The van der Waals surface area contributed by atoms with Crippen molar-refractivity contribution in [1.29, 1.82) is 0 Å². The van der Waals surface area contributed by atoms with E-state index in [0.29, 0.717) is 53.9 Å². The molecule has 1 fully saturated rings. The number of furan rings is 1. The first kappa shape index (κ1) is 23.3. The molecular weight excluding hydrogens is 458 g/mol. The number of piperazine rings is 1. The van der Waals surface area contributed by atoms with Crippen LogP contribution in [0.5, 0.6) is 0 Å². The Balaban J connectivity index is 1.28. The molecule has 0 unspecified atom stereocenters. The molecule has 8 heteroatoms. The number of aromatic nitrogens is 1. The SMILES string of the molecule is Cc1c(-c2ccccc2)nc2ccccc2c1C(=O)OCC(=O)N1CCN(C(=O)c2ccco2)CC1. The van der Waals surface area contributed by atoms with E-state index >= 15 is 0 Å². The number of carbonyl (C=O) groups is 3. The van der Waals surface area contributed by atoms with Crippen LogP contribution in [-0.2, 0) is 9.53 Å². The van der Waals surface area contributed by atoms with E-state index in [1.165, 1.54) is 6.26 Å². The lowest BCUT2D eigenvalue weighted by atomic mass is 9.98. The van der Waals surface area contributed by atoms with Gasteiger partial charge in [0.05, 0.1) is 23.0 Å². The number of fused-ring (bicyclic) bond motifs is 1. The Bertz CT molecular complexity index is 1410. The topological polar surface area (TPSA) is 93.0 Å². The molecule has 0 aliphatic carbocycles. The first-order valence-corrected chi connectivity index (χ1v) is 11.8. The second-order valence-electron chi connectivity index (χ2n) is 8.57. The fourth-order valence-corrected chi connectivity index (χ4v) is 4.45. The fourth-order valence-electron chi connectivity index (χ4n) is 4.45. The third-order valence-corrected chi connectivity index (χ3v) is 6.37. The molecule has 0 radical (unpaired) electrons. The van der Waals surface area contributed by atoms with Crippen LogP contribution in [0.25, 0.3) is 22.2 Å². The zero-order valence-electron chi connectivity index (χ0n) is 19.8. The van der Waals surface area contributed by atoms with Crippen molar-refractivity contribution >= 4 is 28.7 Å². The molecule has 0 N–H and O–H groups in total. The number of hydrogen-bond acceptors (Lipinski definition) is 6. The third kappa shape index (κ3) is 4.57. The quantitative estimate of drug-likeness (QED) is 0.399. The highest BCUT2D eigenvalue weighted by Crippen LogP contribution is 2.30. The van der Waals surface area contributed by atoms with Crippen molar-refractivity contribution in [1.82, 2.24) is 14.8 Å². The van der Waals surface area contributed by atoms with Crippen LogP contribution in [-0.4, -0.2) is 65.4 Å². The average Bonchev–Trinajstić information content (AvgIpc) is 3.46. The van der Waals surface area contributed by atoms with Gasteiger partial charge in [-0.1, -0.05) is 48.5 Å². The summed E-state index contributed by atoms with van der Waals surface area (Å²) < 4.78 is 10.7. The van der Waals surface area contributed by atoms with E-state index in [0.717, 1.165) is 5.56 Å². The molecular formula is C28H25N3O5. The van der Waals surface area contributed by atoms with Gasteiger partial charge in [-0.15, -0.1) is 0 Å². The number of nitrogens with zero attached hydrogens (tertiary/aromatic N) is 3. The maximum Gasteiger partial charge on any atom is 0.339 e. The van der Waals surface area contributed by atoms with E-state index in [2.05, 4.69) is 0 Å². The van der Waals surface area contributed by atoms with Crippen LogP contribution in [0.4, 0.5) is 0 Å². The monoisotopic (exact) mass is 483 g/mol. The molecule has 3 heterocycles. The van der Waals surface area contributed by atoms with Crippen molar-refractivity contribution < 1.29 is 23.5 Å². The Labute approximate surface area is 208 Å². The van der Waals surface area contributed by atoms with E-state index < -0.39 is 5.97 Å². The summed E-state index contributed by atoms with van der Waals surface area (Å²) in [4.78, 5) is 46.5. The molecule has 2 amide bonds. The van der Waals surface area contributed by atoms with E-state index in [1.807, 2.05) is 61.5 Å². The largest absolute Gasteiger partial charge is 0.459 e. The summed E-state index contributed by atoms with van der Waals surface area (Å²) in [5.41, 5.74) is 3.37. The zero-order valence-corrected chi connectivity index (χ0v) is 19.8. The Hall–Kier alpha value is -4.46. The summed E-state index contributed by atoms with van der Waals surface area (Å²) in [7, 11) is 0. The summed E-state index contributed by atoms with van der Waals surface area (Å²) in [5, 5.41) is 0.678. The maximum absolute atomic E-state index is 13.2. The fraction of sp³-hybridized carbons (Fsp3) is 0.214. The van der Waals surface area contributed by atoms with Crippen molar-refractivity contribution in [3.05, 3.63) is 89.9 Å². The number of esters is 1. The van der Waals surface area contributed by atoms with E-state index in [-0.39, 0.29) is 24.2 Å². The van der Waals surface area contributed by atoms with Crippen molar-refractivity contribution in [3.63, 3.8) is 0 Å². The minimum absolute atomic E-state index is 0.201. The minimum Gasteiger partial charge on any atom is -0.459 e. The molecule has 0 saturated carbocycles. The van der Waals surface area contributed by atoms with Crippen molar-refractivity contribution in [2.45, 2.75) is 6.92 Å². The van der Waals surface area contributed by atoms with Gasteiger partial charge in [0.2, 0.25) is 0 Å².